The minimum Gasteiger partial charge on any atom is -0.509 e. The number of benzene rings is 5. The molecular weight excluding hydrogens is 1160 g/mol. The normalized spacial score (nSPS) is 22.6. The van der Waals surface area contributed by atoms with E-state index in [1.165, 1.54) is 75.9 Å². The first-order valence-electron chi connectivity index (χ1n) is 28.6. The topological polar surface area (TPSA) is 36.8 Å². The number of anilines is 4. The van der Waals surface area contributed by atoms with Gasteiger partial charge < -0.3 is 23.9 Å². The zero-order valence-electron chi connectivity index (χ0n) is 47.8. The quantitative estimate of drug-likeness (QED) is 0.106. The predicted molar refractivity (Wildman–Crippen MR) is 329 cm³/mol. The average molecular weight is 1240 g/mol. The third-order valence-corrected chi connectivity index (χ3v) is 22.4. The van der Waals surface area contributed by atoms with Crippen molar-refractivity contribution in [3.05, 3.63) is 187 Å². The van der Waals surface area contributed by atoms with Gasteiger partial charge in [0.05, 0.1) is 16.1 Å². The van der Waals surface area contributed by atoms with Gasteiger partial charge in [0, 0.05) is 66.8 Å². The van der Waals surface area contributed by atoms with Crippen LogP contribution < -0.4 is 24.9 Å². The summed E-state index contributed by atoms with van der Waals surface area (Å²) in [4.78, 5) is 12.6. The average Bonchev–Trinajstić information content (AvgIpc) is 2.99. The van der Waals surface area contributed by atoms with Crippen LogP contribution in [-0.4, -0.2) is 37.4 Å². The first kappa shape index (κ1) is 53.1. The van der Waals surface area contributed by atoms with Crippen molar-refractivity contribution in [1.82, 2.24) is 14.4 Å². The van der Waals surface area contributed by atoms with E-state index in [0.717, 1.165) is 45.4 Å². The fourth-order valence-corrected chi connectivity index (χ4v) is 18.2. The van der Waals surface area contributed by atoms with Crippen molar-refractivity contribution in [1.29, 1.82) is 0 Å². The Morgan fingerprint density at radius 3 is 1.99 bits per heavy atom. The van der Waals surface area contributed by atoms with Gasteiger partial charge in [-0.3, -0.25) is 0 Å². The van der Waals surface area contributed by atoms with E-state index in [0.29, 0.717) is 23.3 Å². The van der Waals surface area contributed by atoms with Crippen LogP contribution in [0.2, 0.25) is 39.3 Å². The van der Waals surface area contributed by atoms with E-state index in [4.69, 9.17) is 9.72 Å². The molecule has 0 N–H and O–H groups in total. The standard InChI is InChI=1S/C68H75BN5OSi2.Pt/c1-66(2,3)47-24-27-57-56(40-47)55-26-25-53(43-60(55)74(57)64-41-48(28-30-70-64)68(50-34-45-33-46(36-50)37-51(68)35-45)63-23-18-32-71-31-16-15-29-69(63)71)75-54-39-49(67(4,5)6)38-52(42-54)72-44-73(59-20-14-13-19-58(59)72)65-61(76(7,8)9)21-17-22-62(65)77(10,11)12;/h13-32,38-41,44-46,50-51H,33-37H2,1-12H3;/q-3;. The van der Waals surface area contributed by atoms with Crippen molar-refractivity contribution < 1.29 is 25.8 Å². The smallest absolute Gasteiger partial charge is 0.316 e. The van der Waals surface area contributed by atoms with Crippen molar-refractivity contribution in [2.75, 3.05) is 9.80 Å². The van der Waals surface area contributed by atoms with E-state index in [9.17, 15) is 0 Å². The number of pyridine rings is 1. The van der Waals surface area contributed by atoms with Gasteiger partial charge in [0.15, 0.2) is 0 Å². The molecule has 0 spiro atoms. The third kappa shape index (κ3) is 8.79. The Balaban J connectivity index is 0.00000609. The molecule has 6 nitrogen and oxygen atoms in total. The fraction of sp³-hybridized carbons (Fsp3) is 0.353. The molecule has 0 amide bonds. The van der Waals surface area contributed by atoms with Crippen LogP contribution in [0.4, 0.5) is 22.7 Å². The molecule has 7 aliphatic rings. The Morgan fingerprint density at radius 1 is 0.654 bits per heavy atom. The molecule has 0 atom stereocenters. The summed E-state index contributed by atoms with van der Waals surface area (Å²) in [6.07, 6.45) is 22.5. The fourth-order valence-electron chi connectivity index (χ4n) is 14.9. The minimum atomic E-state index is -1.77. The zero-order valence-corrected chi connectivity index (χ0v) is 52.1. The molecule has 4 fully saturated rings. The van der Waals surface area contributed by atoms with Crippen molar-refractivity contribution >= 4 is 77.9 Å². The van der Waals surface area contributed by atoms with Crippen LogP contribution in [0.1, 0.15) is 90.3 Å². The van der Waals surface area contributed by atoms with Gasteiger partial charge in [-0.05, 0) is 148 Å². The van der Waals surface area contributed by atoms with Gasteiger partial charge in [0.25, 0.3) is 0 Å². The van der Waals surface area contributed by atoms with Crippen molar-refractivity contribution in [2.45, 2.75) is 129 Å². The summed E-state index contributed by atoms with van der Waals surface area (Å²) in [5, 5.41) is 5.31. The molecule has 402 valence electrons. The number of fused-ring (bicyclic) bond motifs is 5. The summed E-state index contributed by atoms with van der Waals surface area (Å²) in [6.45, 7) is 31.1. The second-order valence-electron chi connectivity index (χ2n) is 27.6. The van der Waals surface area contributed by atoms with E-state index in [-0.39, 0.29) is 44.2 Å². The summed E-state index contributed by atoms with van der Waals surface area (Å²) in [7, 11) is -3.54. The maximum Gasteiger partial charge on any atom is 0.316 e. The van der Waals surface area contributed by atoms with Crippen LogP contribution in [0, 0.1) is 42.5 Å². The number of hydrogen-bond donors (Lipinski definition) is 0. The molecule has 78 heavy (non-hydrogen) atoms. The number of aromatic nitrogens is 2. The van der Waals surface area contributed by atoms with E-state index in [2.05, 4.69) is 265 Å². The zero-order chi connectivity index (χ0) is 53.6. The monoisotopic (exact) mass is 1240 g/mol. The van der Waals surface area contributed by atoms with Gasteiger partial charge in [-0.15, -0.1) is 53.6 Å². The van der Waals surface area contributed by atoms with Crippen LogP contribution in [0.3, 0.4) is 0 Å². The maximum absolute atomic E-state index is 7.13. The molecule has 14 rings (SSSR count). The SMILES string of the molecule is CC(C)(C)c1cc(Oc2[c-]c3c(cc2)c2cc(C(C)(C)C)ccc2n3-c2cc(C3(C4=CC=CN5C=CC=CB45)C4CC5CC(C4)CC3C5)ccn2)[c-]c(N2[CH-]N(c3c([Si](C)(C)C)cccc3[Si](C)(C)C)c3ccccc32)c1.[Pt]. The summed E-state index contributed by atoms with van der Waals surface area (Å²) in [5.74, 6) is 7.52. The van der Waals surface area contributed by atoms with Crippen molar-refractivity contribution in [2.24, 2.45) is 23.7 Å². The van der Waals surface area contributed by atoms with Crippen LogP contribution in [0.5, 0.6) is 11.5 Å². The number of allylic oxidation sites excluding steroid dienone is 5. The Kier molecular flexibility index (Phi) is 12.9. The second-order valence-corrected chi connectivity index (χ2v) is 37.7. The molecular formula is C68H75BN5OPtSi2-3. The van der Waals surface area contributed by atoms with Crippen molar-refractivity contribution in [3.63, 3.8) is 0 Å². The van der Waals surface area contributed by atoms with Crippen molar-refractivity contribution in [3.8, 4) is 17.3 Å². The van der Waals surface area contributed by atoms with E-state index in [1.54, 1.807) is 5.47 Å². The van der Waals surface area contributed by atoms with E-state index in [1.807, 2.05) is 0 Å². The number of para-hydroxylation sites is 3. The summed E-state index contributed by atoms with van der Waals surface area (Å²) in [5.41, 5.74) is 11.9. The minimum absolute atomic E-state index is 0. The van der Waals surface area contributed by atoms with Gasteiger partial charge in [0.2, 0.25) is 0 Å². The summed E-state index contributed by atoms with van der Waals surface area (Å²) < 4.78 is 9.50. The largest absolute Gasteiger partial charge is 0.509 e. The van der Waals surface area contributed by atoms with Crippen LogP contribution in [0.25, 0.3) is 27.6 Å². The third-order valence-electron chi connectivity index (χ3n) is 18.4. The van der Waals surface area contributed by atoms with Gasteiger partial charge in [-0.1, -0.05) is 152 Å². The van der Waals surface area contributed by atoms with Crippen LogP contribution >= 0.6 is 0 Å². The Bertz CT molecular complexity index is 3600. The summed E-state index contributed by atoms with van der Waals surface area (Å²) >= 11 is 0. The molecule has 10 heteroatoms. The van der Waals surface area contributed by atoms with Crippen LogP contribution in [-0.2, 0) is 37.3 Å². The van der Waals surface area contributed by atoms with Gasteiger partial charge >= 0.3 is 6.85 Å². The van der Waals surface area contributed by atoms with Gasteiger partial charge in [-0.25, -0.2) is 4.98 Å². The molecule has 5 heterocycles. The second kappa shape index (κ2) is 19.0. The molecule has 7 aromatic rings. The first-order valence-corrected chi connectivity index (χ1v) is 35.6. The summed E-state index contributed by atoms with van der Waals surface area (Å²) in [6, 6.07) is 44.4. The number of ether oxygens (including phenoxy) is 1. The molecule has 4 aliphatic carbocycles. The maximum atomic E-state index is 7.13. The Hall–Kier alpha value is -5.60. The Labute approximate surface area is 481 Å². The molecule has 0 saturated heterocycles. The van der Waals surface area contributed by atoms with Crippen LogP contribution in [0.15, 0.2) is 151 Å². The van der Waals surface area contributed by atoms with Gasteiger partial charge in [0.1, 0.15) is 5.82 Å². The van der Waals surface area contributed by atoms with E-state index >= 15 is 0 Å². The number of nitrogens with zero attached hydrogens (tertiary/aromatic N) is 5. The Morgan fingerprint density at radius 2 is 1.32 bits per heavy atom. The first-order chi connectivity index (χ1) is 36.6. The van der Waals surface area contributed by atoms with Gasteiger partial charge in [-0.2, -0.15) is 6.07 Å². The van der Waals surface area contributed by atoms with E-state index < -0.39 is 16.1 Å². The molecule has 2 aromatic heterocycles. The molecule has 5 aromatic carbocycles. The molecule has 0 radical (unpaired) electrons. The molecule has 0 unspecified atom stereocenters. The molecule has 4 bridgehead atoms. The number of hydrogen-bond acceptors (Lipinski definition) is 5. The molecule has 3 aliphatic heterocycles. The number of rotatable bonds is 9. The predicted octanol–water partition coefficient (Wildman–Crippen LogP) is 16.3. The molecule has 4 saturated carbocycles.